The van der Waals surface area contributed by atoms with Gasteiger partial charge in [-0.25, -0.2) is 9.97 Å². The molecule has 0 amide bonds. The van der Waals surface area contributed by atoms with Crippen molar-refractivity contribution in [3.8, 4) is 0 Å². The van der Waals surface area contributed by atoms with E-state index >= 15 is 0 Å². The van der Waals surface area contributed by atoms with Crippen LogP contribution in [0.25, 0.3) is 0 Å². The highest BCUT2D eigenvalue weighted by Crippen LogP contribution is 2.13. The lowest BCUT2D eigenvalue weighted by Gasteiger charge is -2.16. The van der Waals surface area contributed by atoms with Gasteiger partial charge in [-0.1, -0.05) is 27.7 Å². The molecule has 90 valence electrons. The largest absolute Gasteiger partial charge is 0.327 e. The van der Waals surface area contributed by atoms with Crippen molar-refractivity contribution in [1.29, 1.82) is 0 Å². The zero-order valence-corrected chi connectivity index (χ0v) is 11.0. The van der Waals surface area contributed by atoms with E-state index in [0.717, 1.165) is 23.6 Å². The summed E-state index contributed by atoms with van der Waals surface area (Å²) in [5.41, 5.74) is 8.16. The fraction of sp³-hybridized carbons (Fsp3) is 0.692. The van der Waals surface area contributed by atoms with Crippen LogP contribution in [-0.2, 0) is 6.42 Å². The van der Waals surface area contributed by atoms with Crippen LogP contribution in [0, 0.1) is 12.8 Å². The fourth-order valence-corrected chi connectivity index (χ4v) is 1.50. The summed E-state index contributed by atoms with van der Waals surface area (Å²) in [6.45, 7) is 10.5. The van der Waals surface area contributed by atoms with Crippen LogP contribution < -0.4 is 5.73 Å². The summed E-state index contributed by atoms with van der Waals surface area (Å²) in [7, 11) is 0. The zero-order valence-electron chi connectivity index (χ0n) is 11.0. The molecular formula is C13H23N3. The predicted octanol–water partition coefficient (Wildman–Crippen LogP) is 2.43. The number of rotatable bonds is 4. The monoisotopic (exact) mass is 221 g/mol. The highest BCUT2D eigenvalue weighted by molar-refractivity contribution is 5.12. The number of aromatic nitrogens is 2. The van der Waals surface area contributed by atoms with E-state index in [1.165, 1.54) is 0 Å². The Kier molecular flexibility index (Phi) is 4.42. The second-order valence-electron chi connectivity index (χ2n) is 5.13. The minimum Gasteiger partial charge on any atom is -0.327 e. The van der Waals surface area contributed by atoms with Crippen molar-refractivity contribution in [3.05, 3.63) is 23.3 Å². The molecule has 0 aromatic carbocycles. The van der Waals surface area contributed by atoms with Crippen molar-refractivity contribution in [2.45, 2.75) is 53.0 Å². The standard InChI is InChI=1S/C13H23N3/c1-8(2)12(14)7-11-6-10(5)15-13(16-11)9(3)4/h6,8-9,12H,7,14H2,1-5H3. The van der Waals surface area contributed by atoms with Crippen molar-refractivity contribution in [2.75, 3.05) is 0 Å². The SMILES string of the molecule is Cc1cc(CC(N)C(C)C)nc(C(C)C)n1. The maximum Gasteiger partial charge on any atom is 0.131 e. The van der Waals surface area contributed by atoms with Gasteiger partial charge in [0.05, 0.1) is 0 Å². The first-order valence-corrected chi connectivity index (χ1v) is 6.00. The molecule has 1 aromatic rings. The molecule has 1 heterocycles. The molecule has 3 heteroatoms. The Morgan fingerprint density at radius 2 is 1.81 bits per heavy atom. The Morgan fingerprint density at radius 1 is 1.19 bits per heavy atom. The summed E-state index contributed by atoms with van der Waals surface area (Å²) in [6.07, 6.45) is 0.834. The molecule has 16 heavy (non-hydrogen) atoms. The third-order valence-corrected chi connectivity index (χ3v) is 2.74. The number of aryl methyl sites for hydroxylation is 1. The molecule has 2 N–H and O–H groups in total. The summed E-state index contributed by atoms with van der Waals surface area (Å²) in [4.78, 5) is 9.00. The number of hydrogen-bond donors (Lipinski definition) is 1. The molecule has 0 saturated heterocycles. The number of nitrogens with zero attached hydrogens (tertiary/aromatic N) is 2. The second-order valence-corrected chi connectivity index (χ2v) is 5.13. The van der Waals surface area contributed by atoms with Crippen molar-refractivity contribution in [3.63, 3.8) is 0 Å². The van der Waals surface area contributed by atoms with Crippen LogP contribution in [0.15, 0.2) is 6.07 Å². The predicted molar refractivity (Wildman–Crippen MR) is 67.4 cm³/mol. The van der Waals surface area contributed by atoms with E-state index in [-0.39, 0.29) is 6.04 Å². The zero-order chi connectivity index (χ0) is 12.3. The average Bonchev–Trinajstić information content (AvgIpc) is 2.16. The Morgan fingerprint density at radius 3 is 2.31 bits per heavy atom. The molecule has 1 unspecified atom stereocenters. The topological polar surface area (TPSA) is 51.8 Å². The third kappa shape index (κ3) is 3.56. The van der Waals surface area contributed by atoms with Crippen molar-refractivity contribution < 1.29 is 0 Å². The molecule has 0 saturated carbocycles. The second kappa shape index (κ2) is 5.39. The molecule has 3 nitrogen and oxygen atoms in total. The van der Waals surface area contributed by atoms with Crippen LogP contribution >= 0.6 is 0 Å². The summed E-state index contributed by atoms with van der Waals surface area (Å²) >= 11 is 0. The Labute approximate surface area is 98.5 Å². The molecule has 0 aliphatic rings. The van der Waals surface area contributed by atoms with E-state index in [2.05, 4.69) is 37.7 Å². The molecule has 0 fully saturated rings. The lowest BCUT2D eigenvalue weighted by Crippen LogP contribution is -2.29. The molecule has 0 aliphatic carbocycles. The van der Waals surface area contributed by atoms with Crippen LogP contribution in [-0.4, -0.2) is 16.0 Å². The van der Waals surface area contributed by atoms with Gasteiger partial charge in [0.2, 0.25) is 0 Å². The number of nitrogens with two attached hydrogens (primary N) is 1. The van der Waals surface area contributed by atoms with Crippen LogP contribution in [0.2, 0.25) is 0 Å². The average molecular weight is 221 g/mol. The quantitative estimate of drug-likeness (QED) is 0.849. The van der Waals surface area contributed by atoms with Gasteiger partial charge in [0, 0.05) is 29.8 Å². The van der Waals surface area contributed by atoms with Crippen molar-refractivity contribution in [2.24, 2.45) is 11.7 Å². The van der Waals surface area contributed by atoms with E-state index in [1.54, 1.807) is 0 Å². The van der Waals surface area contributed by atoms with Gasteiger partial charge in [-0.15, -0.1) is 0 Å². The normalized spacial score (nSPS) is 13.5. The molecule has 1 rings (SSSR count). The molecule has 1 atom stereocenters. The number of hydrogen-bond acceptors (Lipinski definition) is 3. The first kappa shape index (κ1) is 13.1. The maximum atomic E-state index is 6.06. The Hall–Kier alpha value is -0.960. The summed E-state index contributed by atoms with van der Waals surface area (Å²) < 4.78 is 0. The Bertz CT molecular complexity index is 345. The Balaban J connectivity index is 2.88. The highest BCUT2D eigenvalue weighted by Gasteiger charge is 2.12. The van der Waals surface area contributed by atoms with Gasteiger partial charge in [-0.05, 0) is 18.9 Å². The van der Waals surface area contributed by atoms with E-state index in [4.69, 9.17) is 5.73 Å². The fourth-order valence-electron chi connectivity index (χ4n) is 1.50. The summed E-state index contributed by atoms with van der Waals surface area (Å²) in [5, 5.41) is 0. The van der Waals surface area contributed by atoms with Crippen LogP contribution in [0.5, 0.6) is 0 Å². The minimum atomic E-state index is 0.175. The van der Waals surface area contributed by atoms with Gasteiger partial charge in [-0.2, -0.15) is 0 Å². The first-order chi connectivity index (χ1) is 7.40. The molecule has 0 spiro atoms. The van der Waals surface area contributed by atoms with Gasteiger partial charge in [0.25, 0.3) is 0 Å². The van der Waals surface area contributed by atoms with Crippen molar-refractivity contribution >= 4 is 0 Å². The van der Waals surface area contributed by atoms with Gasteiger partial charge in [-0.3, -0.25) is 0 Å². The van der Waals surface area contributed by atoms with Gasteiger partial charge < -0.3 is 5.73 Å². The van der Waals surface area contributed by atoms with Crippen molar-refractivity contribution in [1.82, 2.24) is 9.97 Å². The third-order valence-electron chi connectivity index (χ3n) is 2.74. The molecule has 0 radical (unpaired) electrons. The first-order valence-electron chi connectivity index (χ1n) is 6.00. The maximum absolute atomic E-state index is 6.06. The molecular weight excluding hydrogens is 198 g/mol. The summed E-state index contributed by atoms with van der Waals surface area (Å²) in [6, 6.07) is 2.21. The summed E-state index contributed by atoms with van der Waals surface area (Å²) in [5.74, 6) is 1.78. The van der Waals surface area contributed by atoms with E-state index in [9.17, 15) is 0 Å². The van der Waals surface area contributed by atoms with Gasteiger partial charge in [0.15, 0.2) is 0 Å². The van der Waals surface area contributed by atoms with Crippen LogP contribution in [0.1, 0.15) is 50.8 Å². The van der Waals surface area contributed by atoms with E-state index < -0.39 is 0 Å². The lowest BCUT2D eigenvalue weighted by molar-refractivity contribution is 0.485. The lowest BCUT2D eigenvalue weighted by atomic mass is 10.00. The highest BCUT2D eigenvalue weighted by atomic mass is 14.9. The smallest absolute Gasteiger partial charge is 0.131 e. The van der Waals surface area contributed by atoms with Gasteiger partial charge >= 0.3 is 0 Å². The van der Waals surface area contributed by atoms with Crippen LogP contribution in [0.4, 0.5) is 0 Å². The minimum absolute atomic E-state index is 0.175. The van der Waals surface area contributed by atoms with E-state index in [0.29, 0.717) is 11.8 Å². The molecule has 1 aromatic heterocycles. The molecule has 0 aliphatic heterocycles. The van der Waals surface area contributed by atoms with E-state index in [1.807, 2.05) is 13.0 Å². The molecule has 0 bridgehead atoms. The van der Waals surface area contributed by atoms with Gasteiger partial charge in [0.1, 0.15) is 5.82 Å². The van der Waals surface area contributed by atoms with Crippen LogP contribution in [0.3, 0.4) is 0 Å².